The minimum atomic E-state index is 0.0283. The molecule has 2 unspecified atom stereocenters. The largest absolute Gasteiger partial charge is 0.327 e. The number of aromatic nitrogens is 1. The lowest BCUT2D eigenvalue weighted by Crippen LogP contribution is -2.23. The van der Waals surface area contributed by atoms with Crippen molar-refractivity contribution < 1.29 is 0 Å². The molecule has 1 aromatic heterocycles. The minimum absolute atomic E-state index is 0.0283. The highest BCUT2D eigenvalue weighted by Gasteiger charge is 2.18. The molecule has 0 aliphatic heterocycles. The normalized spacial score (nSPS) is 14.2. The number of pyridine rings is 1. The zero-order chi connectivity index (χ0) is 13.0. The third-order valence-electron chi connectivity index (χ3n) is 2.53. The van der Waals surface area contributed by atoms with Crippen molar-refractivity contribution in [3.63, 3.8) is 0 Å². The van der Waals surface area contributed by atoms with Crippen molar-refractivity contribution in [1.82, 2.24) is 4.98 Å². The van der Waals surface area contributed by atoms with E-state index in [-0.39, 0.29) is 11.3 Å². The Morgan fingerprint density at radius 2 is 1.89 bits per heavy atom. The Labute approximate surface area is 117 Å². The molecular formula is C14H15ClN2S. The van der Waals surface area contributed by atoms with Crippen molar-refractivity contribution in [2.45, 2.75) is 23.1 Å². The third-order valence-corrected chi connectivity index (χ3v) is 4.25. The molecule has 18 heavy (non-hydrogen) atoms. The second kappa shape index (κ2) is 6.23. The molecule has 2 aromatic rings. The molecule has 1 aromatic carbocycles. The molecule has 94 valence electrons. The molecule has 0 radical (unpaired) electrons. The molecule has 4 heteroatoms. The van der Waals surface area contributed by atoms with Crippen LogP contribution in [0.15, 0.2) is 53.6 Å². The van der Waals surface area contributed by atoms with Gasteiger partial charge < -0.3 is 5.73 Å². The van der Waals surface area contributed by atoms with Crippen molar-refractivity contribution >= 4 is 23.4 Å². The standard InChI is InChI=1S/C14H15ClN2S/c1-10(16)14(13-4-2-3-9-17-13)18-12-7-5-11(15)6-8-12/h2-10,14H,16H2,1H3. The first-order chi connectivity index (χ1) is 8.66. The van der Waals surface area contributed by atoms with E-state index in [1.165, 1.54) is 0 Å². The molecule has 0 spiro atoms. The van der Waals surface area contributed by atoms with Gasteiger partial charge >= 0.3 is 0 Å². The fourth-order valence-electron chi connectivity index (χ4n) is 1.64. The predicted molar refractivity (Wildman–Crippen MR) is 77.9 cm³/mol. The van der Waals surface area contributed by atoms with Crippen LogP contribution >= 0.6 is 23.4 Å². The van der Waals surface area contributed by atoms with Crippen LogP contribution in [0.5, 0.6) is 0 Å². The second-order valence-corrected chi connectivity index (χ2v) is 5.76. The molecule has 2 atom stereocenters. The minimum Gasteiger partial charge on any atom is -0.327 e. The van der Waals surface area contributed by atoms with E-state index in [2.05, 4.69) is 4.98 Å². The van der Waals surface area contributed by atoms with Crippen LogP contribution in [-0.2, 0) is 0 Å². The maximum atomic E-state index is 6.06. The van der Waals surface area contributed by atoms with E-state index in [0.29, 0.717) is 0 Å². The first-order valence-electron chi connectivity index (χ1n) is 5.75. The summed E-state index contributed by atoms with van der Waals surface area (Å²) in [5.41, 5.74) is 7.07. The van der Waals surface area contributed by atoms with Gasteiger partial charge in [0.25, 0.3) is 0 Å². The summed E-state index contributed by atoms with van der Waals surface area (Å²) in [6, 6.07) is 13.7. The third kappa shape index (κ3) is 3.48. The molecule has 0 saturated heterocycles. The van der Waals surface area contributed by atoms with Crippen molar-refractivity contribution in [3.8, 4) is 0 Å². The number of hydrogen-bond acceptors (Lipinski definition) is 3. The summed E-state index contributed by atoms with van der Waals surface area (Å²) in [4.78, 5) is 5.53. The summed E-state index contributed by atoms with van der Waals surface area (Å²) in [6.45, 7) is 2.00. The van der Waals surface area contributed by atoms with Crippen LogP contribution < -0.4 is 5.73 Å². The van der Waals surface area contributed by atoms with Crippen molar-refractivity contribution in [3.05, 3.63) is 59.4 Å². The molecule has 0 bridgehead atoms. The van der Waals surface area contributed by atoms with E-state index in [4.69, 9.17) is 17.3 Å². The van der Waals surface area contributed by atoms with Crippen LogP contribution in [-0.4, -0.2) is 11.0 Å². The number of benzene rings is 1. The van der Waals surface area contributed by atoms with Gasteiger partial charge in [0.1, 0.15) is 0 Å². The summed E-state index contributed by atoms with van der Waals surface area (Å²) >= 11 is 7.59. The van der Waals surface area contributed by atoms with Gasteiger partial charge in [-0.2, -0.15) is 0 Å². The number of rotatable bonds is 4. The number of nitrogens with two attached hydrogens (primary N) is 1. The highest BCUT2D eigenvalue weighted by Crippen LogP contribution is 2.36. The maximum Gasteiger partial charge on any atom is 0.0665 e. The summed E-state index contributed by atoms with van der Waals surface area (Å²) in [5, 5.41) is 0.891. The first kappa shape index (κ1) is 13.4. The summed E-state index contributed by atoms with van der Waals surface area (Å²) < 4.78 is 0. The second-order valence-electron chi connectivity index (χ2n) is 4.11. The fourth-order valence-corrected chi connectivity index (χ4v) is 2.83. The van der Waals surface area contributed by atoms with Crippen LogP contribution in [0.25, 0.3) is 0 Å². The molecule has 2 nitrogen and oxygen atoms in total. The van der Waals surface area contributed by atoms with Gasteiger partial charge in [-0.05, 0) is 43.3 Å². The number of thioether (sulfide) groups is 1. The van der Waals surface area contributed by atoms with Gasteiger partial charge in [0.2, 0.25) is 0 Å². The fraction of sp³-hybridized carbons (Fsp3) is 0.214. The van der Waals surface area contributed by atoms with Crippen molar-refractivity contribution in [2.75, 3.05) is 0 Å². The van der Waals surface area contributed by atoms with Crippen LogP contribution in [0.4, 0.5) is 0 Å². The Morgan fingerprint density at radius 3 is 2.44 bits per heavy atom. The van der Waals surface area contributed by atoms with Crippen LogP contribution in [0.2, 0.25) is 5.02 Å². The Kier molecular flexibility index (Phi) is 4.64. The van der Waals surface area contributed by atoms with E-state index in [0.717, 1.165) is 15.6 Å². The molecule has 0 fully saturated rings. The lowest BCUT2D eigenvalue weighted by molar-refractivity contribution is 0.705. The molecule has 0 aliphatic rings. The van der Waals surface area contributed by atoms with Crippen LogP contribution in [0, 0.1) is 0 Å². The van der Waals surface area contributed by atoms with Gasteiger partial charge in [-0.1, -0.05) is 17.7 Å². The average Bonchev–Trinajstić information content (AvgIpc) is 2.38. The lowest BCUT2D eigenvalue weighted by atomic mass is 10.2. The number of nitrogens with zero attached hydrogens (tertiary/aromatic N) is 1. The van der Waals surface area contributed by atoms with E-state index < -0.39 is 0 Å². The Hall–Kier alpha value is -1.03. The van der Waals surface area contributed by atoms with Gasteiger partial charge in [-0.15, -0.1) is 11.8 Å². The molecule has 0 saturated carbocycles. The zero-order valence-corrected chi connectivity index (χ0v) is 11.7. The SMILES string of the molecule is CC(N)C(Sc1ccc(Cl)cc1)c1ccccn1. The quantitative estimate of drug-likeness (QED) is 0.862. The summed E-state index contributed by atoms with van der Waals surface area (Å²) in [7, 11) is 0. The molecule has 0 amide bonds. The Balaban J connectivity index is 2.19. The Morgan fingerprint density at radius 1 is 1.17 bits per heavy atom. The zero-order valence-electron chi connectivity index (χ0n) is 10.1. The number of hydrogen-bond donors (Lipinski definition) is 1. The molecule has 1 heterocycles. The van der Waals surface area contributed by atoms with Gasteiger partial charge in [-0.3, -0.25) is 4.98 Å². The first-order valence-corrected chi connectivity index (χ1v) is 7.01. The Bertz CT molecular complexity index is 485. The summed E-state index contributed by atoms with van der Waals surface area (Å²) in [5.74, 6) is 0. The molecule has 2 rings (SSSR count). The van der Waals surface area contributed by atoms with Gasteiger partial charge in [0.05, 0.1) is 10.9 Å². The average molecular weight is 279 g/mol. The van der Waals surface area contributed by atoms with E-state index in [1.807, 2.05) is 49.4 Å². The van der Waals surface area contributed by atoms with Crippen molar-refractivity contribution in [2.24, 2.45) is 5.73 Å². The van der Waals surface area contributed by atoms with Gasteiger partial charge in [-0.25, -0.2) is 0 Å². The summed E-state index contributed by atoms with van der Waals surface area (Å²) in [6.07, 6.45) is 1.80. The van der Waals surface area contributed by atoms with E-state index >= 15 is 0 Å². The lowest BCUT2D eigenvalue weighted by Gasteiger charge is -2.19. The van der Waals surface area contributed by atoms with Crippen LogP contribution in [0.3, 0.4) is 0 Å². The maximum absolute atomic E-state index is 6.06. The van der Waals surface area contributed by atoms with E-state index in [1.54, 1.807) is 18.0 Å². The van der Waals surface area contributed by atoms with Crippen molar-refractivity contribution in [1.29, 1.82) is 0 Å². The highest BCUT2D eigenvalue weighted by molar-refractivity contribution is 7.99. The topological polar surface area (TPSA) is 38.9 Å². The van der Waals surface area contributed by atoms with E-state index in [9.17, 15) is 0 Å². The monoisotopic (exact) mass is 278 g/mol. The van der Waals surface area contributed by atoms with Gasteiger partial charge in [0.15, 0.2) is 0 Å². The van der Waals surface area contributed by atoms with Gasteiger partial charge in [0, 0.05) is 22.2 Å². The number of halogens is 1. The molecule has 2 N–H and O–H groups in total. The predicted octanol–water partition coefficient (Wildman–Crippen LogP) is 3.92. The highest BCUT2D eigenvalue weighted by atomic mass is 35.5. The smallest absolute Gasteiger partial charge is 0.0665 e. The molecular weight excluding hydrogens is 264 g/mol. The van der Waals surface area contributed by atoms with Crippen LogP contribution in [0.1, 0.15) is 17.9 Å². The molecule has 0 aliphatic carbocycles.